The van der Waals surface area contributed by atoms with Gasteiger partial charge in [0, 0.05) is 11.6 Å². The second-order valence-corrected chi connectivity index (χ2v) is 4.66. The summed E-state index contributed by atoms with van der Waals surface area (Å²) < 4.78 is 19.3. The Bertz CT molecular complexity index is 368. The summed E-state index contributed by atoms with van der Waals surface area (Å²) in [7, 11) is 1.50. The summed E-state index contributed by atoms with van der Waals surface area (Å²) in [5.74, 6) is 0.476. The van der Waals surface area contributed by atoms with Crippen molar-refractivity contribution in [1.82, 2.24) is 5.32 Å². The van der Waals surface area contributed by atoms with Crippen LogP contribution in [0.1, 0.15) is 45.2 Å². The molecule has 1 aromatic rings. The maximum Gasteiger partial charge on any atom is 0.169 e. The summed E-state index contributed by atoms with van der Waals surface area (Å²) in [5.41, 5.74) is 0.706. The van der Waals surface area contributed by atoms with Crippen molar-refractivity contribution >= 4 is 0 Å². The van der Waals surface area contributed by atoms with E-state index in [4.69, 9.17) is 4.74 Å². The van der Waals surface area contributed by atoms with Crippen LogP contribution in [0.25, 0.3) is 0 Å². The van der Waals surface area contributed by atoms with Crippen LogP contribution in [0, 0.1) is 11.7 Å². The van der Waals surface area contributed by atoms with Crippen molar-refractivity contribution in [2.75, 3.05) is 13.7 Å². The lowest BCUT2D eigenvalue weighted by atomic mass is 9.90. The van der Waals surface area contributed by atoms with Crippen molar-refractivity contribution in [3.8, 4) is 5.75 Å². The smallest absolute Gasteiger partial charge is 0.169 e. The van der Waals surface area contributed by atoms with Crippen LogP contribution in [0.4, 0.5) is 4.39 Å². The van der Waals surface area contributed by atoms with E-state index in [1.54, 1.807) is 6.07 Å². The van der Waals surface area contributed by atoms with Gasteiger partial charge in [-0.25, -0.2) is 4.39 Å². The Balaban J connectivity index is 3.05. The van der Waals surface area contributed by atoms with Crippen molar-refractivity contribution in [2.24, 2.45) is 5.92 Å². The fourth-order valence-corrected chi connectivity index (χ4v) is 2.39. The first-order valence-electron chi connectivity index (χ1n) is 6.71. The third-order valence-electron chi connectivity index (χ3n) is 3.29. The summed E-state index contributed by atoms with van der Waals surface area (Å²) in [5, 5.41) is 3.38. The number of halogens is 1. The Hall–Kier alpha value is -1.09. The molecule has 0 amide bonds. The van der Waals surface area contributed by atoms with Gasteiger partial charge in [0.15, 0.2) is 11.6 Å². The molecular weight excluding hydrogens is 229 g/mol. The second kappa shape index (κ2) is 7.37. The molecule has 0 fully saturated rings. The highest BCUT2D eigenvalue weighted by molar-refractivity contribution is 5.33. The first kappa shape index (κ1) is 15.0. The van der Waals surface area contributed by atoms with Crippen LogP contribution in [0.5, 0.6) is 5.75 Å². The Morgan fingerprint density at radius 1 is 1.33 bits per heavy atom. The van der Waals surface area contributed by atoms with Crippen molar-refractivity contribution in [3.63, 3.8) is 0 Å². The van der Waals surface area contributed by atoms with Gasteiger partial charge in [0.2, 0.25) is 0 Å². The lowest BCUT2D eigenvalue weighted by molar-refractivity contribution is 0.344. The molecule has 2 nitrogen and oxygen atoms in total. The first-order valence-corrected chi connectivity index (χ1v) is 6.71. The Kier molecular flexibility index (Phi) is 6.13. The van der Waals surface area contributed by atoms with Gasteiger partial charge in [0.25, 0.3) is 0 Å². The molecule has 0 aliphatic heterocycles. The van der Waals surface area contributed by atoms with Gasteiger partial charge in [-0.3, -0.25) is 0 Å². The molecular formula is C15H24FNO. The quantitative estimate of drug-likeness (QED) is 0.795. The van der Waals surface area contributed by atoms with Gasteiger partial charge in [0.05, 0.1) is 7.11 Å². The fraction of sp³-hybridized carbons (Fsp3) is 0.600. The minimum absolute atomic E-state index is 0.0463. The van der Waals surface area contributed by atoms with Crippen LogP contribution < -0.4 is 10.1 Å². The van der Waals surface area contributed by atoms with E-state index in [0.29, 0.717) is 17.2 Å². The van der Waals surface area contributed by atoms with Gasteiger partial charge in [-0.15, -0.1) is 0 Å². The van der Waals surface area contributed by atoms with Crippen LogP contribution in [0.15, 0.2) is 18.2 Å². The highest BCUT2D eigenvalue weighted by Gasteiger charge is 2.22. The van der Waals surface area contributed by atoms with E-state index in [1.807, 2.05) is 19.1 Å². The third-order valence-corrected chi connectivity index (χ3v) is 3.29. The number of hydrogen-bond donors (Lipinski definition) is 1. The molecule has 1 N–H and O–H groups in total. The minimum Gasteiger partial charge on any atom is -0.494 e. The Labute approximate surface area is 110 Å². The van der Waals surface area contributed by atoms with E-state index in [9.17, 15) is 4.39 Å². The molecule has 0 spiro atoms. The van der Waals surface area contributed by atoms with Crippen molar-refractivity contribution in [2.45, 2.75) is 39.7 Å². The van der Waals surface area contributed by atoms with E-state index in [0.717, 1.165) is 19.4 Å². The van der Waals surface area contributed by atoms with E-state index >= 15 is 0 Å². The number of nitrogens with one attached hydrogen (secondary N) is 1. The molecule has 0 aromatic heterocycles. The van der Waals surface area contributed by atoms with Crippen LogP contribution in [0.2, 0.25) is 0 Å². The molecule has 1 aromatic carbocycles. The molecule has 0 saturated heterocycles. The molecule has 102 valence electrons. The highest BCUT2D eigenvalue weighted by atomic mass is 19.1. The lowest BCUT2D eigenvalue weighted by Gasteiger charge is -2.26. The minimum atomic E-state index is -0.242. The maximum atomic E-state index is 14.3. The van der Waals surface area contributed by atoms with Gasteiger partial charge < -0.3 is 10.1 Å². The SMILES string of the molecule is CCCC(C)C(NCC)c1cccc(OC)c1F. The predicted molar refractivity (Wildman–Crippen MR) is 73.4 cm³/mol. The topological polar surface area (TPSA) is 21.3 Å². The van der Waals surface area contributed by atoms with E-state index in [2.05, 4.69) is 19.2 Å². The second-order valence-electron chi connectivity index (χ2n) is 4.66. The third kappa shape index (κ3) is 3.45. The fourth-order valence-electron chi connectivity index (χ4n) is 2.39. The first-order chi connectivity index (χ1) is 8.65. The number of benzene rings is 1. The van der Waals surface area contributed by atoms with Crippen molar-refractivity contribution in [3.05, 3.63) is 29.6 Å². The van der Waals surface area contributed by atoms with Gasteiger partial charge in [-0.2, -0.15) is 0 Å². The Morgan fingerprint density at radius 2 is 2.06 bits per heavy atom. The maximum absolute atomic E-state index is 14.3. The van der Waals surface area contributed by atoms with Crippen LogP contribution in [-0.2, 0) is 0 Å². The molecule has 0 bridgehead atoms. The van der Waals surface area contributed by atoms with Gasteiger partial charge in [-0.05, 0) is 24.9 Å². The molecule has 2 atom stereocenters. The summed E-state index contributed by atoms with van der Waals surface area (Å²) in [6, 6.07) is 5.40. The molecule has 0 radical (unpaired) electrons. The van der Waals surface area contributed by atoms with Crippen LogP contribution >= 0.6 is 0 Å². The van der Waals surface area contributed by atoms with Crippen LogP contribution in [-0.4, -0.2) is 13.7 Å². The average molecular weight is 253 g/mol. The van der Waals surface area contributed by atoms with Crippen molar-refractivity contribution in [1.29, 1.82) is 0 Å². The molecule has 1 rings (SSSR count). The van der Waals surface area contributed by atoms with Gasteiger partial charge in [0.1, 0.15) is 0 Å². The largest absolute Gasteiger partial charge is 0.494 e. The summed E-state index contributed by atoms with van der Waals surface area (Å²) in [6.45, 7) is 7.19. The van der Waals surface area contributed by atoms with Crippen LogP contribution in [0.3, 0.4) is 0 Å². The zero-order valence-corrected chi connectivity index (χ0v) is 11.8. The number of hydrogen-bond acceptors (Lipinski definition) is 2. The standard InChI is InChI=1S/C15H24FNO/c1-5-8-11(3)15(17-6-2)12-9-7-10-13(18-4)14(12)16/h7,9-11,15,17H,5-6,8H2,1-4H3. The predicted octanol–water partition coefficient (Wildman–Crippen LogP) is 3.92. The molecule has 2 unspecified atom stereocenters. The number of rotatable bonds is 7. The number of ether oxygens (including phenoxy) is 1. The molecule has 0 heterocycles. The van der Waals surface area contributed by atoms with E-state index in [1.165, 1.54) is 7.11 Å². The van der Waals surface area contributed by atoms with E-state index in [-0.39, 0.29) is 11.9 Å². The molecule has 0 aliphatic rings. The highest BCUT2D eigenvalue weighted by Crippen LogP contribution is 2.31. The molecule has 3 heteroatoms. The van der Waals surface area contributed by atoms with Crippen molar-refractivity contribution < 1.29 is 9.13 Å². The number of methoxy groups -OCH3 is 1. The lowest BCUT2D eigenvalue weighted by Crippen LogP contribution is -2.27. The Morgan fingerprint density at radius 3 is 2.61 bits per heavy atom. The molecule has 18 heavy (non-hydrogen) atoms. The average Bonchev–Trinajstić information content (AvgIpc) is 2.37. The summed E-state index contributed by atoms with van der Waals surface area (Å²) >= 11 is 0. The molecule has 0 saturated carbocycles. The summed E-state index contributed by atoms with van der Waals surface area (Å²) in [4.78, 5) is 0. The van der Waals surface area contributed by atoms with E-state index < -0.39 is 0 Å². The van der Waals surface area contributed by atoms with Gasteiger partial charge >= 0.3 is 0 Å². The zero-order chi connectivity index (χ0) is 13.5. The monoisotopic (exact) mass is 253 g/mol. The summed E-state index contributed by atoms with van der Waals surface area (Å²) in [6.07, 6.45) is 2.18. The zero-order valence-electron chi connectivity index (χ0n) is 11.8. The normalized spacial score (nSPS) is 14.3. The molecule has 0 aliphatic carbocycles. The van der Waals surface area contributed by atoms with Gasteiger partial charge in [-0.1, -0.05) is 39.3 Å².